The van der Waals surface area contributed by atoms with E-state index in [1.54, 1.807) is 19.2 Å². The van der Waals surface area contributed by atoms with E-state index in [0.29, 0.717) is 5.69 Å². The molecule has 4 heteroatoms. The highest BCUT2D eigenvalue weighted by Gasteiger charge is 2.12. The van der Waals surface area contributed by atoms with Crippen LogP contribution in [0, 0.1) is 12.3 Å². The predicted molar refractivity (Wildman–Crippen MR) is 63.5 cm³/mol. The molecule has 0 aliphatic heterocycles. The van der Waals surface area contributed by atoms with Gasteiger partial charge in [0.25, 0.3) is 0 Å². The minimum absolute atomic E-state index is 0.154. The summed E-state index contributed by atoms with van der Waals surface area (Å²) >= 11 is 0. The summed E-state index contributed by atoms with van der Waals surface area (Å²) in [5.41, 5.74) is 2.39. The van der Waals surface area contributed by atoms with Crippen LogP contribution < -0.4 is 0 Å². The lowest BCUT2D eigenvalue weighted by Gasteiger charge is -1.96. The second-order valence-corrected chi connectivity index (χ2v) is 3.57. The summed E-state index contributed by atoms with van der Waals surface area (Å²) in [6.45, 7) is 0. The van der Waals surface area contributed by atoms with Crippen molar-refractivity contribution in [2.45, 2.75) is 0 Å². The van der Waals surface area contributed by atoms with Gasteiger partial charge in [-0.3, -0.25) is 4.68 Å². The summed E-state index contributed by atoms with van der Waals surface area (Å²) in [4.78, 5) is 10.9. The molecule has 0 saturated carbocycles. The molecule has 17 heavy (non-hydrogen) atoms. The summed E-state index contributed by atoms with van der Waals surface area (Å²) in [6.07, 6.45) is 5.26. The third-order valence-corrected chi connectivity index (χ3v) is 2.45. The van der Waals surface area contributed by atoms with Crippen LogP contribution in [0.4, 0.5) is 0 Å². The van der Waals surface area contributed by atoms with Crippen LogP contribution >= 0.6 is 0 Å². The predicted octanol–water partition coefficient (Wildman–Crippen LogP) is 1.77. The van der Waals surface area contributed by atoms with Crippen molar-refractivity contribution in [2.75, 3.05) is 0 Å². The normalized spacial score (nSPS) is 9.88. The zero-order valence-corrected chi connectivity index (χ0v) is 9.21. The Bertz CT molecular complexity index is 603. The second-order valence-electron chi connectivity index (χ2n) is 3.57. The number of nitrogens with zero attached hydrogens (tertiary/aromatic N) is 2. The summed E-state index contributed by atoms with van der Waals surface area (Å²) in [6, 6.07) is 8.77. The highest BCUT2D eigenvalue weighted by Crippen LogP contribution is 2.19. The van der Waals surface area contributed by atoms with Gasteiger partial charge in [-0.1, -0.05) is 18.1 Å². The molecule has 0 aliphatic rings. The molecule has 0 spiro atoms. The molecule has 2 rings (SSSR count). The molecule has 1 heterocycles. The third-order valence-electron chi connectivity index (χ3n) is 2.45. The molecular weight excluding hydrogens is 216 g/mol. The molecule has 0 amide bonds. The zero-order chi connectivity index (χ0) is 12.4. The van der Waals surface area contributed by atoms with E-state index >= 15 is 0 Å². The Hall–Kier alpha value is -2.54. The molecule has 0 saturated heterocycles. The van der Waals surface area contributed by atoms with Crippen molar-refractivity contribution in [3.8, 4) is 23.6 Å². The minimum Gasteiger partial charge on any atom is -0.477 e. The number of hydrogen-bond acceptors (Lipinski definition) is 2. The van der Waals surface area contributed by atoms with Crippen LogP contribution in [0.15, 0.2) is 30.3 Å². The maximum absolute atomic E-state index is 10.9. The van der Waals surface area contributed by atoms with Crippen molar-refractivity contribution >= 4 is 5.97 Å². The quantitative estimate of drug-likeness (QED) is 0.794. The summed E-state index contributed by atoms with van der Waals surface area (Å²) < 4.78 is 1.34. The fourth-order valence-electron chi connectivity index (χ4n) is 1.55. The SMILES string of the molecule is C#Cc1ccc(-c2cc(C(=O)O)n(C)n2)cc1. The molecular formula is C13H10N2O2. The van der Waals surface area contributed by atoms with Gasteiger partial charge in [-0.05, 0) is 18.2 Å². The minimum atomic E-state index is -0.994. The largest absolute Gasteiger partial charge is 0.477 e. The van der Waals surface area contributed by atoms with E-state index in [9.17, 15) is 4.79 Å². The number of terminal acetylenes is 1. The Morgan fingerprint density at radius 3 is 2.53 bits per heavy atom. The molecule has 84 valence electrons. The van der Waals surface area contributed by atoms with Gasteiger partial charge in [0, 0.05) is 18.2 Å². The molecule has 4 nitrogen and oxygen atoms in total. The van der Waals surface area contributed by atoms with Crippen molar-refractivity contribution < 1.29 is 9.90 Å². The van der Waals surface area contributed by atoms with Gasteiger partial charge in [0.2, 0.25) is 0 Å². The maximum Gasteiger partial charge on any atom is 0.354 e. The first-order chi connectivity index (χ1) is 8.11. The fraction of sp³-hybridized carbons (Fsp3) is 0.0769. The number of hydrogen-bond donors (Lipinski definition) is 1. The molecule has 1 aromatic heterocycles. The summed E-state index contributed by atoms with van der Waals surface area (Å²) in [5, 5.41) is 13.1. The molecule has 0 radical (unpaired) electrons. The molecule has 0 aliphatic carbocycles. The lowest BCUT2D eigenvalue weighted by Crippen LogP contribution is -2.04. The standard InChI is InChI=1S/C13H10N2O2/c1-3-9-4-6-10(7-5-9)11-8-12(13(16)17)15(2)14-11/h1,4-8H,2H3,(H,16,17). The van der Waals surface area contributed by atoms with Gasteiger partial charge >= 0.3 is 5.97 Å². The number of carbonyl (C=O) groups is 1. The zero-order valence-electron chi connectivity index (χ0n) is 9.21. The van der Waals surface area contributed by atoms with E-state index in [1.807, 2.05) is 12.1 Å². The number of carboxylic acids is 1. The van der Waals surface area contributed by atoms with Gasteiger partial charge < -0.3 is 5.11 Å². The third kappa shape index (κ3) is 2.04. The van der Waals surface area contributed by atoms with Crippen LogP contribution in [0.25, 0.3) is 11.3 Å². The van der Waals surface area contributed by atoms with E-state index in [-0.39, 0.29) is 5.69 Å². The van der Waals surface area contributed by atoms with Gasteiger partial charge in [-0.2, -0.15) is 5.10 Å². The van der Waals surface area contributed by atoms with Crippen molar-refractivity contribution in [1.82, 2.24) is 9.78 Å². The van der Waals surface area contributed by atoms with Gasteiger partial charge in [0.05, 0.1) is 5.69 Å². The molecule has 0 bridgehead atoms. The van der Waals surface area contributed by atoms with Crippen molar-refractivity contribution in [2.24, 2.45) is 7.05 Å². The van der Waals surface area contributed by atoms with Crippen molar-refractivity contribution in [1.29, 1.82) is 0 Å². The smallest absolute Gasteiger partial charge is 0.354 e. The molecule has 2 aromatic rings. The van der Waals surface area contributed by atoms with E-state index in [4.69, 9.17) is 11.5 Å². The van der Waals surface area contributed by atoms with Crippen molar-refractivity contribution in [3.63, 3.8) is 0 Å². The van der Waals surface area contributed by atoms with E-state index in [0.717, 1.165) is 11.1 Å². The first-order valence-corrected chi connectivity index (χ1v) is 4.96. The van der Waals surface area contributed by atoms with Gasteiger partial charge in [-0.25, -0.2) is 4.79 Å². The van der Waals surface area contributed by atoms with Crippen LogP contribution in [0.1, 0.15) is 16.1 Å². The number of aromatic nitrogens is 2. The Balaban J connectivity index is 2.43. The van der Waals surface area contributed by atoms with Gasteiger partial charge in [-0.15, -0.1) is 6.42 Å². The lowest BCUT2D eigenvalue weighted by molar-refractivity contribution is 0.0685. The average Bonchev–Trinajstić information content (AvgIpc) is 2.71. The molecule has 0 atom stereocenters. The Morgan fingerprint density at radius 2 is 2.06 bits per heavy atom. The number of aryl methyl sites for hydroxylation is 1. The Kier molecular flexibility index (Phi) is 2.67. The lowest BCUT2D eigenvalue weighted by atomic mass is 10.1. The van der Waals surface area contributed by atoms with Crippen LogP contribution in [-0.2, 0) is 7.05 Å². The first kappa shape index (κ1) is 11.0. The number of benzene rings is 1. The fourth-order valence-corrected chi connectivity index (χ4v) is 1.55. The molecule has 1 aromatic carbocycles. The van der Waals surface area contributed by atoms with Crippen LogP contribution in [0.3, 0.4) is 0 Å². The Labute approximate surface area is 98.5 Å². The topological polar surface area (TPSA) is 55.1 Å². The highest BCUT2D eigenvalue weighted by atomic mass is 16.4. The first-order valence-electron chi connectivity index (χ1n) is 4.96. The van der Waals surface area contributed by atoms with Crippen LogP contribution in [0.2, 0.25) is 0 Å². The number of carboxylic acid groups (broad SMARTS) is 1. The molecule has 0 fully saturated rings. The van der Waals surface area contributed by atoms with Gasteiger partial charge in [0.15, 0.2) is 0 Å². The number of aromatic carboxylic acids is 1. The van der Waals surface area contributed by atoms with Crippen molar-refractivity contribution in [3.05, 3.63) is 41.6 Å². The monoisotopic (exact) mass is 226 g/mol. The molecule has 1 N–H and O–H groups in total. The summed E-state index contributed by atoms with van der Waals surface area (Å²) in [7, 11) is 1.60. The van der Waals surface area contributed by atoms with E-state index < -0.39 is 5.97 Å². The number of rotatable bonds is 2. The highest BCUT2D eigenvalue weighted by molar-refractivity contribution is 5.87. The Morgan fingerprint density at radius 1 is 1.41 bits per heavy atom. The summed E-state index contributed by atoms with van der Waals surface area (Å²) in [5.74, 6) is 1.53. The second kappa shape index (κ2) is 4.14. The molecule has 0 unspecified atom stereocenters. The maximum atomic E-state index is 10.9. The van der Waals surface area contributed by atoms with Gasteiger partial charge in [0.1, 0.15) is 5.69 Å². The average molecular weight is 226 g/mol. The van der Waals surface area contributed by atoms with E-state index in [2.05, 4.69) is 11.0 Å². The van der Waals surface area contributed by atoms with Crippen LogP contribution in [0.5, 0.6) is 0 Å². The van der Waals surface area contributed by atoms with Crippen LogP contribution in [-0.4, -0.2) is 20.9 Å². The van der Waals surface area contributed by atoms with E-state index in [1.165, 1.54) is 10.7 Å².